The molecular formula is C39H27N7O6P4. The molecule has 0 bridgehead atoms. The first-order valence-electron chi connectivity index (χ1n) is 16.6. The number of rotatable bonds is 12. The summed E-state index contributed by atoms with van der Waals surface area (Å²) in [4.78, 5) is 0. The van der Waals surface area contributed by atoms with E-state index in [4.69, 9.17) is 45.2 Å². The van der Waals surface area contributed by atoms with Gasteiger partial charge in [-0.2, -0.15) is 15.8 Å². The first-order valence-corrected chi connectivity index (χ1v) is 21.9. The Morgan fingerprint density at radius 1 is 0.393 bits per heavy atom. The number of para-hydroxylation sites is 5. The minimum Gasteiger partial charge on any atom is -0.413 e. The summed E-state index contributed by atoms with van der Waals surface area (Å²) in [5, 5.41) is 30.0. The molecule has 7 rings (SSSR count). The van der Waals surface area contributed by atoms with E-state index >= 15 is 0 Å². The lowest BCUT2D eigenvalue weighted by Gasteiger charge is -2.29. The molecule has 0 radical (unpaired) electrons. The molecule has 6 aromatic carbocycles. The molecule has 0 saturated carbocycles. The Balaban J connectivity index is 1.57. The van der Waals surface area contributed by atoms with Crippen molar-refractivity contribution in [1.29, 1.82) is 15.8 Å². The third kappa shape index (κ3) is 9.01. The van der Waals surface area contributed by atoms with Crippen LogP contribution in [-0.4, -0.2) is 0 Å². The highest BCUT2D eigenvalue weighted by Gasteiger charge is 2.43. The molecule has 0 fully saturated rings. The predicted molar refractivity (Wildman–Crippen MR) is 214 cm³/mol. The highest BCUT2D eigenvalue weighted by Crippen LogP contribution is 2.74. The second-order valence-electron chi connectivity index (χ2n) is 11.2. The van der Waals surface area contributed by atoms with E-state index in [1.54, 1.807) is 127 Å². The van der Waals surface area contributed by atoms with Gasteiger partial charge in [-0.3, -0.25) is 0 Å². The third-order valence-electron chi connectivity index (χ3n) is 7.32. The van der Waals surface area contributed by atoms with E-state index in [1.807, 2.05) is 42.5 Å². The van der Waals surface area contributed by atoms with Crippen molar-refractivity contribution < 1.29 is 27.1 Å². The molecule has 0 aliphatic carbocycles. The molecule has 1 aliphatic rings. The minimum absolute atomic E-state index is 0.0187. The van der Waals surface area contributed by atoms with Crippen LogP contribution in [0.15, 0.2) is 182 Å². The normalized spacial score (nSPS) is 16.4. The van der Waals surface area contributed by atoms with Gasteiger partial charge in [0.15, 0.2) is 8.52 Å². The molecule has 1 aliphatic heterocycles. The second kappa shape index (κ2) is 17.2. The molecule has 274 valence electrons. The number of hydrogen-bond donors (Lipinski definition) is 0. The van der Waals surface area contributed by atoms with Crippen LogP contribution in [0.1, 0.15) is 16.7 Å². The quantitative estimate of drug-likeness (QED) is 0.109. The molecule has 0 aromatic heterocycles. The van der Waals surface area contributed by atoms with Crippen LogP contribution in [0.5, 0.6) is 34.5 Å². The largest absolute Gasteiger partial charge is 0.460 e. The van der Waals surface area contributed by atoms with Crippen LogP contribution < -0.4 is 27.1 Å². The van der Waals surface area contributed by atoms with Crippen molar-refractivity contribution in [2.75, 3.05) is 0 Å². The van der Waals surface area contributed by atoms with Crippen LogP contribution in [0.3, 0.4) is 0 Å². The van der Waals surface area contributed by atoms with Crippen molar-refractivity contribution in [3.8, 4) is 52.7 Å². The van der Waals surface area contributed by atoms with E-state index in [0.29, 0.717) is 23.0 Å². The minimum atomic E-state index is -4.30. The van der Waals surface area contributed by atoms with Crippen molar-refractivity contribution in [1.82, 2.24) is 0 Å². The average molecular weight is 814 g/mol. The lowest BCUT2D eigenvalue weighted by atomic mass is 10.0. The number of benzene rings is 6. The van der Waals surface area contributed by atoms with Crippen LogP contribution in [0, 0.1) is 34.0 Å². The van der Waals surface area contributed by atoms with E-state index < -0.39 is 23.0 Å². The summed E-state index contributed by atoms with van der Waals surface area (Å²) < 4.78 is 60.2. The lowest BCUT2D eigenvalue weighted by Crippen LogP contribution is -2.08. The van der Waals surface area contributed by atoms with Crippen molar-refractivity contribution in [2.24, 2.45) is 18.1 Å². The second-order valence-corrected chi connectivity index (χ2v) is 18.3. The fourth-order valence-corrected chi connectivity index (χ4v) is 14.1. The summed E-state index contributed by atoms with van der Waals surface area (Å²) in [5.41, 5.74) is -0.433. The van der Waals surface area contributed by atoms with Gasteiger partial charge in [0.2, 0.25) is 0 Å². The fourth-order valence-electron chi connectivity index (χ4n) is 4.93. The molecule has 1 atom stereocenters. The van der Waals surface area contributed by atoms with E-state index in [1.165, 1.54) is 12.1 Å². The Hall–Kier alpha value is -6.62. The summed E-state index contributed by atoms with van der Waals surface area (Å²) >= 11 is 0. The molecule has 1 heterocycles. The average Bonchev–Trinajstić information content (AvgIpc) is 3.22. The fraction of sp³-hybridized carbons (Fsp3) is 0. The van der Waals surface area contributed by atoms with Crippen LogP contribution in [0.25, 0.3) is 0 Å². The van der Waals surface area contributed by atoms with E-state index in [2.05, 4.69) is 0 Å². The van der Waals surface area contributed by atoms with Gasteiger partial charge in [-0.25, -0.2) is 0 Å². The predicted octanol–water partition coefficient (Wildman–Crippen LogP) is 13.0. The van der Waals surface area contributed by atoms with Crippen LogP contribution in [0.4, 0.5) is 0 Å². The van der Waals surface area contributed by atoms with Gasteiger partial charge < -0.3 is 27.1 Å². The number of nitrogens with zero attached hydrogens (tertiary/aromatic N) is 7. The molecular weight excluding hydrogens is 786 g/mol. The zero-order valence-corrected chi connectivity index (χ0v) is 32.5. The maximum Gasteiger partial charge on any atom is 0.460 e. The molecule has 0 spiro atoms. The maximum absolute atomic E-state index is 10.3. The van der Waals surface area contributed by atoms with Gasteiger partial charge >= 0.3 is 23.0 Å². The van der Waals surface area contributed by atoms with Crippen LogP contribution in [0.2, 0.25) is 0 Å². The van der Waals surface area contributed by atoms with Gasteiger partial charge in [-0.1, -0.05) is 100 Å². The van der Waals surface area contributed by atoms with E-state index in [-0.39, 0.29) is 36.7 Å². The maximum atomic E-state index is 10.3. The first-order chi connectivity index (χ1) is 27.4. The Morgan fingerprint density at radius 3 is 1.16 bits per heavy atom. The topological polar surface area (TPSA) is 176 Å². The smallest absolute Gasteiger partial charge is 0.413 e. The first kappa shape index (κ1) is 37.7. The van der Waals surface area contributed by atoms with Gasteiger partial charge in [0.25, 0.3) is 0 Å². The summed E-state index contributed by atoms with van der Waals surface area (Å²) in [7, 11) is -12.5. The Kier molecular flexibility index (Phi) is 11.6. The van der Waals surface area contributed by atoms with E-state index in [9.17, 15) is 15.8 Å². The lowest BCUT2D eigenvalue weighted by molar-refractivity contribution is 0.454. The standard InChI is InChI=1S/C39H27N7O6P4/c40-28-31-26-27-39(38(30-42)37(31)29-41)52-55(49-34-20-10-3-11-21-34)44-53-43-54(47-32-16-6-1-7-17-32,48-33-18-8-2-9-19-33)45-56(46-55,50-35-22-12-4-13-23-35)51-36-24-14-5-15-25-36/h1-27H. The SMILES string of the molecule is N#Cc1ccc(OP2(Oc3ccccc3)=NP=NP(Oc3ccccc3)(Oc3ccccc3)=NP(Oc3ccccc3)(Oc3ccccc3)=N2)c(C#N)c1C#N. The highest BCUT2D eigenvalue weighted by atomic mass is 31.3. The molecule has 0 saturated heterocycles. The molecule has 17 heteroatoms. The van der Waals surface area contributed by atoms with Crippen molar-refractivity contribution in [3.63, 3.8) is 0 Å². The Labute approximate surface area is 324 Å². The molecule has 6 aromatic rings. The van der Waals surface area contributed by atoms with Gasteiger partial charge in [0, 0.05) is 0 Å². The summed E-state index contributed by atoms with van der Waals surface area (Å²) in [6.45, 7) is 0. The van der Waals surface area contributed by atoms with Gasteiger partial charge in [0.05, 0.1) is 11.1 Å². The molecule has 56 heavy (non-hydrogen) atoms. The molecule has 0 N–H and O–H groups in total. The van der Waals surface area contributed by atoms with Crippen molar-refractivity contribution >= 4 is 31.5 Å². The molecule has 0 amide bonds. The van der Waals surface area contributed by atoms with Gasteiger partial charge in [0.1, 0.15) is 58.3 Å². The Bertz CT molecular complexity index is 2580. The molecule has 1 unspecified atom stereocenters. The van der Waals surface area contributed by atoms with Gasteiger partial charge in [-0.05, 0) is 72.8 Å². The van der Waals surface area contributed by atoms with E-state index in [0.717, 1.165) is 0 Å². The van der Waals surface area contributed by atoms with Gasteiger partial charge in [-0.15, -0.1) is 9.03 Å². The van der Waals surface area contributed by atoms with Crippen molar-refractivity contribution in [2.45, 2.75) is 0 Å². The Morgan fingerprint density at radius 2 is 0.768 bits per heavy atom. The monoisotopic (exact) mass is 813 g/mol. The third-order valence-corrected chi connectivity index (χ3v) is 16.1. The zero-order chi connectivity index (χ0) is 38.7. The summed E-state index contributed by atoms with van der Waals surface area (Å²) in [6.07, 6.45) is 0. The van der Waals surface area contributed by atoms with Crippen LogP contribution >= 0.6 is 31.5 Å². The zero-order valence-electron chi connectivity index (χ0n) is 29.0. The number of hydrogen-bond acceptors (Lipinski definition) is 13. The van der Waals surface area contributed by atoms with Crippen LogP contribution in [-0.2, 0) is 0 Å². The van der Waals surface area contributed by atoms with Crippen molar-refractivity contribution in [3.05, 3.63) is 180 Å². The summed E-state index contributed by atoms with van der Waals surface area (Å²) in [6, 6.07) is 52.7. The summed E-state index contributed by atoms with van der Waals surface area (Å²) in [5.74, 6) is 1.54. The molecule has 13 nitrogen and oxygen atoms in total. The number of nitriles is 3. The highest BCUT2D eigenvalue weighted by molar-refractivity contribution is 7.75.